The Hall–Kier alpha value is -2.91. The molecule has 0 N–H and O–H groups in total. The summed E-state index contributed by atoms with van der Waals surface area (Å²) in [5.41, 5.74) is 2.57. The van der Waals surface area contributed by atoms with E-state index < -0.39 is 11.7 Å². The van der Waals surface area contributed by atoms with E-state index in [1.807, 2.05) is 13.8 Å². The SMILES string of the molecule is CC1(C)CN(C(=O)C2CC(=O)N(c3cccc(C#N)c3)C2)c2cc(F)c(CCl)cc21. The molecule has 2 heterocycles. The van der Waals surface area contributed by atoms with Crippen LogP contribution in [0.25, 0.3) is 0 Å². The van der Waals surface area contributed by atoms with Crippen LogP contribution in [0, 0.1) is 23.1 Å². The molecule has 0 radical (unpaired) electrons. The number of nitriles is 1. The molecule has 1 unspecified atom stereocenters. The zero-order valence-corrected chi connectivity index (χ0v) is 17.5. The molecule has 2 aromatic carbocycles. The highest BCUT2D eigenvalue weighted by molar-refractivity contribution is 6.17. The van der Waals surface area contributed by atoms with E-state index in [-0.39, 0.29) is 36.1 Å². The average molecular weight is 426 g/mol. The van der Waals surface area contributed by atoms with Gasteiger partial charge in [-0.05, 0) is 35.9 Å². The molecule has 7 heteroatoms. The van der Waals surface area contributed by atoms with Crippen molar-refractivity contribution < 1.29 is 14.0 Å². The van der Waals surface area contributed by atoms with Gasteiger partial charge in [0.2, 0.25) is 11.8 Å². The summed E-state index contributed by atoms with van der Waals surface area (Å²) in [6.45, 7) is 4.67. The Morgan fingerprint density at radius 1 is 1.33 bits per heavy atom. The highest BCUT2D eigenvalue weighted by Crippen LogP contribution is 2.43. The number of hydrogen-bond donors (Lipinski definition) is 0. The average Bonchev–Trinajstić information content (AvgIpc) is 3.24. The third kappa shape index (κ3) is 3.33. The number of carbonyl (C=O) groups is 2. The van der Waals surface area contributed by atoms with Crippen molar-refractivity contribution in [2.75, 3.05) is 22.9 Å². The molecule has 0 bridgehead atoms. The van der Waals surface area contributed by atoms with Gasteiger partial charge in [-0.1, -0.05) is 19.9 Å². The molecule has 30 heavy (non-hydrogen) atoms. The highest BCUT2D eigenvalue weighted by atomic mass is 35.5. The number of hydrogen-bond acceptors (Lipinski definition) is 3. The van der Waals surface area contributed by atoms with Gasteiger partial charge in [0.15, 0.2) is 0 Å². The minimum Gasteiger partial charge on any atom is -0.312 e. The maximum Gasteiger partial charge on any atom is 0.232 e. The predicted octanol–water partition coefficient (Wildman–Crippen LogP) is 4.11. The second-order valence-electron chi connectivity index (χ2n) is 8.47. The van der Waals surface area contributed by atoms with Crippen LogP contribution in [0.2, 0.25) is 0 Å². The predicted molar refractivity (Wildman–Crippen MR) is 113 cm³/mol. The third-order valence-corrected chi connectivity index (χ3v) is 6.20. The maximum absolute atomic E-state index is 14.4. The molecular formula is C23H21ClFN3O2. The molecule has 2 aliphatic heterocycles. The zero-order chi connectivity index (χ0) is 21.6. The fourth-order valence-electron chi connectivity index (χ4n) is 4.32. The van der Waals surface area contributed by atoms with Crippen LogP contribution in [-0.2, 0) is 20.9 Å². The van der Waals surface area contributed by atoms with E-state index in [9.17, 15) is 14.0 Å². The first kappa shape index (κ1) is 20.4. The Bertz CT molecular complexity index is 1090. The lowest BCUT2D eigenvalue weighted by Gasteiger charge is -2.23. The van der Waals surface area contributed by atoms with E-state index >= 15 is 0 Å². The molecule has 4 rings (SSSR count). The number of fused-ring (bicyclic) bond motifs is 1. The molecule has 2 aromatic rings. The van der Waals surface area contributed by atoms with E-state index in [1.54, 1.807) is 40.1 Å². The molecule has 0 spiro atoms. The Labute approximate surface area is 179 Å². The summed E-state index contributed by atoms with van der Waals surface area (Å²) < 4.78 is 14.4. The molecule has 0 aliphatic carbocycles. The molecule has 5 nitrogen and oxygen atoms in total. The van der Waals surface area contributed by atoms with E-state index in [2.05, 4.69) is 6.07 Å². The molecular weight excluding hydrogens is 405 g/mol. The molecule has 0 saturated carbocycles. The second kappa shape index (κ2) is 7.41. The van der Waals surface area contributed by atoms with E-state index in [1.165, 1.54) is 6.07 Å². The van der Waals surface area contributed by atoms with Crippen LogP contribution in [0.15, 0.2) is 36.4 Å². The van der Waals surface area contributed by atoms with Crippen molar-refractivity contribution in [1.29, 1.82) is 5.26 Å². The quantitative estimate of drug-likeness (QED) is 0.695. The van der Waals surface area contributed by atoms with E-state index in [0.717, 1.165) is 5.56 Å². The standard InChI is InChI=1S/C23H21ClFN3O2/c1-23(2)13-28(20-9-19(25)15(10-24)7-18(20)23)22(30)16-8-21(29)27(12-16)17-5-3-4-14(6-17)11-26/h3-7,9,16H,8,10,12-13H2,1-2H3. The molecule has 2 amide bonds. The number of alkyl halides is 1. The van der Waals surface area contributed by atoms with Crippen molar-refractivity contribution in [3.05, 3.63) is 58.9 Å². The first-order valence-electron chi connectivity index (χ1n) is 9.76. The van der Waals surface area contributed by atoms with Crippen LogP contribution in [-0.4, -0.2) is 24.9 Å². The van der Waals surface area contributed by atoms with Crippen molar-refractivity contribution in [1.82, 2.24) is 0 Å². The molecule has 154 valence electrons. The summed E-state index contributed by atoms with van der Waals surface area (Å²) in [6.07, 6.45) is 0.0874. The lowest BCUT2D eigenvalue weighted by molar-refractivity contribution is -0.124. The van der Waals surface area contributed by atoms with Crippen LogP contribution in [0.3, 0.4) is 0 Å². The van der Waals surface area contributed by atoms with Crippen molar-refractivity contribution in [2.24, 2.45) is 5.92 Å². The number of amides is 2. The Morgan fingerprint density at radius 3 is 2.80 bits per heavy atom. The van der Waals surface area contributed by atoms with Gasteiger partial charge in [-0.25, -0.2) is 4.39 Å². The summed E-state index contributed by atoms with van der Waals surface area (Å²) in [4.78, 5) is 29.1. The Kier molecular flexibility index (Phi) is 5.03. The summed E-state index contributed by atoms with van der Waals surface area (Å²) in [6, 6.07) is 12.0. The van der Waals surface area contributed by atoms with Gasteiger partial charge in [0.1, 0.15) is 5.82 Å². The van der Waals surface area contributed by atoms with Gasteiger partial charge in [0, 0.05) is 36.2 Å². The van der Waals surface area contributed by atoms with Crippen LogP contribution in [0.1, 0.15) is 37.0 Å². The van der Waals surface area contributed by atoms with Crippen molar-refractivity contribution in [2.45, 2.75) is 31.6 Å². The molecule has 1 fully saturated rings. The largest absolute Gasteiger partial charge is 0.312 e. The highest BCUT2D eigenvalue weighted by Gasteiger charge is 2.44. The zero-order valence-electron chi connectivity index (χ0n) is 16.8. The van der Waals surface area contributed by atoms with Gasteiger partial charge in [0.05, 0.1) is 29.1 Å². The molecule has 1 saturated heterocycles. The summed E-state index contributed by atoms with van der Waals surface area (Å²) >= 11 is 5.86. The van der Waals surface area contributed by atoms with Gasteiger partial charge in [-0.2, -0.15) is 5.26 Å². The number of halogens is 2. The molecule has 1 atom stereocenters. The number of anilines is 2. The van der Waals surface area contributed by atoms with E-state index in [4.69, 9.17) is 16.9 Å². The Balaban J connectivity index is 1.61. The normalized spacial score (nSPS) is 19.7. The van der Waals surface area contributed by atoms with Gasteiger partial charge < -0.3 is 9.80 Å². The minimum absolute atomic E-state index is 0.0665. The smallest absolute Gasteiger partial charge is 0.232 e. The van der Waals surface area contributed by atoms with Crippen molar-refractivity contribution in [3.63, 3.8) is 0 Å². The number of rotatable bonds is 3. The molecule has 2 aliphatic rings. The first-order chi connectivity index (χ1) is 14.2. The minimum atomic E-state index is -0.527. The van der Waals surface area contributed by atoms with Gasteiger partial charge >= 0.3 is 0 Å². The maximum atomic E-state index is 14.4. The van der Waals surface area contributed by atoms with E-state index in [0.29, 0.717) is 29.0 Å². The molecule has 0 aromatic heterocycles. The van der Waals surface area contributed by atoms with Crippen LogP contribution in [0.5, 0.6) is 0 Å². The summed E-state index contributed by atoms with van der Waals surface area (Å²) in [5, 5.41) is 9.10. The van der Waals surface area contributed by atoms with Crippen LogP contribution in [0.4, 0.5) is 15.8 Å². The fraction of sp³-hybridized carbons (Fsp3) is 0.348. The number of carbonyl (C=O) groups excluding carboxylic acids is 2. The van der Waals surface area contributed by atoms with Crippen molar-refractivity contribution >= 4 is 34.8 Å². The lowest BCUT2D eigenvalue weighted by Crippen LogP contribution is -2.39. The number of nitrogens with zero attached hydrogens (tertiary/aromatic N) is 3. The summed E-state index contributed by atoms with van der Waals surface area (Å²) in [7, 11) is 0. The van der Waals surface area contributed by atoms with Crippen LogP contribution >= 0.6 is 11.6 Å². The van der Waals surface area contributed by atoms with Crippen LogP contribution < -0.4 is 9.80 Å². The third-order valence-electron chi connectivity index (χ3n) is 5.91. The first-order valence-corrected chi connectivity index (χ1v) is 10.3. The number of benzene rings is 2. The monoisotopic (exact) mass is 425 g/mol. The Morgan fingerprint density at radius 2 is 2.10 bits per heavy atom. The topological polar surface area (TPSA) is 64.4 Å². The lowest BCUT2D eigenvalue weighted by atomic mass is 9.86. The summed E-state index contributed by atoms with van der Waals surface area (Å²) in [5.74, 6) is -1.24. The van der Waals surface area contributed by atoms with Gasteiger partial charge in [0.25, 0.3) is 0 Å². The van der Waals surface area contributed by atoms with Gasteiger partial charge in [-0.15, -0.1) is 11.6 Å². The fourth-order valence-corrected chi connectivity index (χ4v) is 4.53. The van der Waals surface area contributed by atoms with Crippen molar-refractivity contribution in [3.8, 4) is 6.07 Å². The van der Waals surface area contributed by atoms with Gasteiger partial charge in [-0.3, -0.25) is 9.59 Å². The second-order valence-corrected chi connectivity index (χ2v) is 8.74.